The van der Waals surface area contributed by atoms with Gasteiger partial charge in [0.1, 0.15) is 11.3 Å². The van der Waals surface area contributed by atoms with Crippen molar-refractivity contribution in [1.29, 1.82) is 0 Å². The Morgan fingerprint density at radius 3 is 2.44 bits per heavy atom. The summed E-state index contributed by atoms with van der Waals surface area (Å²) in [6, 6.07) is 1.60. The second kappa shape index (κ2) is 4.28. The molecule has 0 bridgehead atoms. The molecule has 0 saturated heterocycles. The van der Waals surface area contributed by atoms with Crippen molar-refractivity contribution in [3.63, 3.8) is 0 Å². The lowest BCUT2D eigenvalue weighted by atomic mass is 10.3. The van der Waals surface area contributed by atoms with Crippen LogP contribution in [0.4, 0.5) is 17.6 Å². The lowest BCUT2D eigenvalue weighted by Gasteiger charge is -2.08. The molecule has 0 aliphatic heterocycles. The molecule has 0 amide bonds. The van der Waals surface area contributed by atoms with E-state index in [2.05, 4.69) is 4.98 Å². The second-order valence-electron chi connectivity index (χ2n) is 3.44. The summed E-state index contributed by atoms with van der Waals surface area (Å²) in [6.45, 7) is 0. The van der Waals surface area contributed by atoms with Crippen molar-refractivity contribution in [3.8, 4) is 0 Å². The smallest absolute Gasteiger partial charge is 0.339 e. The zero-order valence-electron chi connectivity index (χ0n) is 8.65. The highest BCUT2D eigenvalue weighted by Gasteiger charge is 2.21. The van der Waals surface area contributed by atoms with E-state index in [-0.39, 0.29) is 0 Å². The minimum Gasteiger partial charge on any atom is -0.478 e. The predicted octanol–water partition coefficient (Wildman–Crippen LogP) is 2.91. The Hall–Kier alpha value is -2.12. The average molecular weight is 262 g/mol. The molecule has 0 spiro atoms. The van der Waals surface area contributed by atoms with Gasteiger partial charge in [-0.05, 0) is 12.1 Å². The SMILES string of the molecule is O=C(O)c1ccn2c(C(F)F)cc(C(F)F)nc12. The Labute approximate surface area is 97.5 Å². The first kappa shape index (κ1) is 12.3. The van der Waals surface area contributed by atoms with Gasteiger partial charge in [-0.3, -0.25) is 4.40 Å². The van der Waals surface area contributed by atoms with Crippen molar-refractivity contribution in [2.75, 3.05) is 0 Å². The van der Waals surface area contributed by atoms with E-state index >= 15 is 0 Å². The molecule has 18 heavy (non-hydrogen) atoms. The highest BCUT2D eigenvalue weighted by atomic mass is 19.3. The summed E-state index contributed by atoms with van der Waals surface area (Å²) in [5.41, 5.74) is -2.42. The van der Waals surface area contributed by atoms with E-state index < -0.39 is 41.4 Å². The van der Waals surface area contributed by atoms with Crippen molar-refractivity contribution < 1.29 is 27.5 Å². The number of rotatable bonds is 3. The fraction of sp³-hybridized carbons (Fsp3) is 0.200. The number of nitrogens with zero attached hydrogens (tertiary/aromatic N) is 2. The molecule has 2 heterocycles. The molecule has 0 unspecified atom stereocenters. The summed E-state index contributed by atoms with van der Waals surface area (Å²) in [7, 11) is 0. The Morgan fingerprint density at radius 1 is 1.28 bits per heavy atom. The molecule has 0 aliphatic rings. The molecule has 96 valence electrons. The van der Waals surface area contributed by atoms with Crippen LogP contribution in [0.25, 0.3) is 5.65 Å². The zero-order chi connectivity index (χ0) is 13.4. The van der Waals surface area contributed by atoms with Crippen molar-refractivity contribution in [2.24, 2.45) is 0 Å². The van der Waals surface area contributed by atoms with Gasteiger partial charge in [0.05, 0.1) is 5.69 Å². The number of aromatic carboxylic acids is 1. The van der Waals surface area contributed by atoms with E-state index in [0.717, 1.165) is 16.7 Å². The quantitative estimate of drug-likeness (QED) is 0.865. The number of hydrogen-bond acceptors (Lipinski definition) is 2. The number of halogens is 4. The maximum absolute atomic E-state index is 12.7. The second-order valence-corrected chi connectivity index (χ2v) is 3.44. The van der Waals surface area contributed by atoms with Crippen molar-refractivity contribution in [1.82, 2.24) is 9.38 Å². The van der Waals surface area contributed by atoms with E-state index in [1.807, 2.05) is 0 Å². The van der Waals surface area contributed by atoms with E-state index in [9.17, 15) is 22.4 Å². The first-order valence-electron chi connectivity index (χ1n) is 4.73. The first-order valence-corrected chi connectivity index (χ1v) is 4.73. The van der Waals surface area contributed by atoms with Crippen LogP contribution in [0.3, 0.4) is 0 Å². The van der Waals surface area contributed by atoms with Gasteiger partial charge in [-0.2, -0.15) is 0 Å². The number of carboxylic acid groups (broad SMARTS) is 1. The van der Waals surface area contributed by atoms with Gasteiger partial charge < -0.3 is 5.11 Å². The van der Waals surface area contributed by atoms with Crippen LogP contribution in [0.2, 0.25) is 0 Å². The van der Waals surface area contributed by atoms with Crippen LogP contribution in [0.1, 0.15) is 34.6 Å². The van der Waals surface area contributed by atoms with Gasteiger partial charge in [0, 0.05) is 6.20 Å². The molecule has 0 aromatic carbocycles. The summed E-state index contributed by atoms with van der Waals surface area (Å²) in [5.74, 6) is -1.42. The number of aromatic nitrogens is 2. The maximum atomic E-state index is 12.7. The standard InChI is InChI=1S/C10H6F4N2O2/c11-7(12)5-3-6(8(13)14)16-2-1-4(10(17)18)9(16)15-5/h1-3,7-8H,(H,17,18). The molecule has 8 heteroatoms. The number of fused-ring (bicyclic) bond motifs is 1. The van der Waals surface area contributed by atoms with Crippen LogP contribution in [0, 0.1) is 0 Å². The van der Waals surface area contributed by atoms with Gasteiger partial charge in [-0.25, -0.2) is 27.3 Å². The first-order chi connectivity index (χ1) is 8.41. The van der Waals surface area contributed by atoms with Crippen molar-refractivity contribution in [2.45, 2.75) is 12.9 Å². The molecule has 2 rings (SSSR count). The lowest BCUT2D eigenvalue weighted by Crippen LogP contribution is -2.05. The van der Waals surface area contributed by atoms with Gasteiger partial charge in [0.25, 0.3) is 12.9 Å². The van der Waals surface area contributed by atoms with Gasteiger partial charge >= 0.3 is 5.97 Å². The zero-order valence-corrected chi connectivity index (χ0v) is 8.65. The average Bonchev–Trinajstić information content (AvgIpc) is 2.70. The predicted molar refractivity (Wildman–Crippen MR) is 52.1 cm³/mol. The molecule has 2 aromatic rings. The number of carbonyl (C=O) groups is 1. The Balaban J connectivity index is 2.79. The van der Waals surface area contributed by atoms with Gasteiger partial charge in [0.2, 0.25) is 0 Å². The highest BCUT2D eigenvalue weighted by molar-refractivity contribution is 5.94. The summed E-state index contributed by atoms with van der Waals surface area (Å²) in [6.07, 6.45) is -5.01. The molecular formula is C10H6F4N2O2. The minimum absolute atomic E-state index is 0.403. The van der Waals surface area contributed by atoms with Gasteiger partial charge in [-0.15, -0.1) is 0 Å². The van der Waals surface area contributed by atoms with Crippen LogP contribution in [0.5, 0.6) is 0 Å². The molecule has 2 aromatic heterocycles. The normalized spacial score (nSPS) is 11.7. The molecule has 0 saturated carbocycles. The lowest BCUT2D eigenvalue weighted by molar-refractivity contribution is 0.0698. The summed E-state index contributed by atoms with van der Waals surface area (Å²) >= 11 is 0. The molecule has 1 N–H and O–H groups in total. The van der Waals surface area contributed by atoms with E-state index in [4.69, 9.17) is 5.11 Å². The fourth-order valence-corrected chi connectivity index (χ4v) is 1.57. The van der Waals surface area contributed by atoms with E-state index in [1.54, 1.807) is 0 Å². The van der Waals surface area contributed by atoms with Crippen molar-refractivity contribution in [3.05, 3.63) is 35.3 Å². The molecular weight excluding hydrogens is 256 g/mol. The van der Waals surface area contributed by atoms with Crippen LogP contribution < -0.4 is 0 Å². The third-order valence-electron chi connectivity index (χ3n) is 2.35. The van der Waals surface area contributed by atoms with E-state index in [0.29, 0.717) is 6.07 Å². The third-order valence-corrected chi connectivity index (χ3v) is 2.35. The maximum Gasteiger partial charge on any atom is 0.339 e. The molecule has 4 nitrogen and oxygen atoms in total. The summed E-state index contributed by atoms with van der Waals surface area (Å²) in [4.78, 5) is 14.2. The van der Waals surface area contributed by atoms with Gasteiger partial charge in [-0.1, -0.05) is 0 Å². The summed E-state index contributed by atoms with van der Waals surface area (Å²) in [5, 5.41) is 8.80. The number of alkyl halides is 4. The minimum atomic E-state index is -3.05. The monoisotopic (exact) mass is 262 g/mol. The highest BCUT2D eigenvalue weighted by Crippen LogP contribution is 2.26. The van der Waals surface area contributed by atoms with Crippen LogP contribution in [-0.4, -0.2) is 20.5 Å². The summed E-state index contributed by atoms with van der Waals surface area (Å²) < 4.78 is 51.2. The van der Waals surface area contributed by atoms with E-state index in [1.165, 1.54) is 0 Å². The molecule has 0 atom stereocenters. The molecule has 0 radical (unpaired) electrons. The van der Waals surface area contributed by atoms with Crippen LogP contribution in [-0.2, 0) is 0 Å². The number of carboxylic acids is 1. The Kier molecular flexibility index (Phi) is 2.93. The van der Waals surface area contributed by atoms with Crippen LogP contribution >= 0.6 is 0 Å². The van der Waals surface area contributed by atoms with Crippen LogP contribution in [0.15, 0.2) is 18.3 Å². The molecule has 0 fully saturated rings. The third kappa shape index (κ3) is 1.89. The Bertz CT molecular complexity index is 609. The topological polar surface area (TPSA) is 54.6 Å². The largest absolute Gasteiger partial charge is 0.478 e. The van der Waals surface area contributed by atoms with Crippen molar-refractivity contribution >= 4 is 11.6 Å². The van der Waals surface area contributed by atoms with Gasteiger partial charge in [0.15, 0.2) is 5.65 Å². The molecule has 0 aliphatic carbocycles. The Morgan fingerprint density at radius 2 is 1.94 bits per heavy atom. The fourth-order valence-electron chi connectivity index (χ4n) is 1.57. The number of hydrogen-bond donors (Lipinski definition) is 1.